The van der Waals surface area contributed by atoms with Crippen LogP contribution in [0.3, 0.4) is 0 Å². The van der Waals surface area contributed by atoms with Crippen LogP contribution < -0.4 is 0 Å². The molecule has 148 valence electrons. The third kappa shape index (κ3) is 4.06. The summed E-state index contributed by atoms with van der Waals surface area (Å²) in [5, 5.41) is 7.94. The zero-order valence-electron chi connectivity index (χ0n) is 16.3. The van der Waals surface area contributed by atoms with Crippen LogP contribution in [0.15, 0.2) is 35.2 Å². The van der Waals surface area contributed by atoms with Gasteiger partial charge in [0.25, 0.3) is 0 Å². The van der Waals surface area contributed by atoms with E-state index in [1.807, 2.05) is 23.2 Å². The number of amides is 1. The third-order valence-corrected chi connectivity index (χ3v) is 5.39. The molecule has 28 heavy (non-hydrogen) atoms. The van der Waals surface area contributed by atoms with Gasteiger partial charge in [0.05, 0.1) is 0 Å². The summed E-state index contributed by atoms with van der Waals surface area (Å²) in [4.78, 5) is 21.4. The van der Waals surface area contributed by atoms with E-state index in [2.05, 4.69) is 37.8 Å². The minimum absolute atomic E-state index is 0.223. The minimum Gasteiger partial charge on any atom is -0.341 e. The van der Waals surface area contributed by atoms with Crippen molar-refractivity contribution in [3.8, 4) is 0 Å². The molecular formula is C20H26N6O2. The Balaban J connectivity index is 1.32. The lowest BCUT2D eigenvalue weighted by Crippen LogP contribution is -2.35. The Bertz CT molecular complexity index is 934. The van der Waals surface area contributed by atoms with Gasteiger partial charge in [-0.3, -0.25) is 9.69 Å². The molecule has 8 heteroatoms. The van der Waals surface area contributed by atoms with E-state index in [9.17, 15) is 4.79 Å². The highest BCUT2D eigenvalue weighted by molar-refractivity contribution is 5.77. The van der Waals surface area contributed by atoms with Gasteiger partial charge in [-0.15, -0.1) is 0 Å². The average molecular weight is 382 g/mol. The molecule has 0 radical (unpaired) electrons. The van der Waals surface area contributed by atoms with Gasteiger partial charge in [-0.05, 0) is 28.4 Å². The number of imidazole rings is 1. The molecule has 3 aromatic rings. The fourth-order valence-corrected chi connectivity index (χ4v) is 3.84. The van der Waals surface area contributed by atoms with Crippen LogP contribution in [0.2, 0.25) is 0 Å². The highest BCUT2D eigenvalue weighted by atomic mass is 16.6. The second kappa shape index (κ2) is 8.52. The summed E-state index contributed by atoms with van der Waals surface area (Å²) in [5.74, 6) is 1.26. The van der Waals surface area contributed by atoms with Crippen molar-refractivity contribution in [2.45, 2.75) is 39.3 Å². The Kier molecular flexibility index (Phi) is 5.66. The van der Waals surface area contributed by atoms with Crippen molar-refractivity contribution >= 4 is 16.9 Å². The highest BCUT2D eigenvalue weighted by Gasteiger charge is 2.20. The van der Waals surface area contributed by atoms with E-state index in [0.29, 0.717) is 13.0 Å². The average Bonchev–Trinajstić information content (AvgIpc) is 3.31. The van der Waals surface area contributed by atoms with Crippen LogP contribution in [-0.2, 0) is 24.3 Å². The Morgan fingerprint density at radius 2 is 2.11 bits per heavy atom. The first-order valence-corrected chi connectivity index (χ1v) is 9.95. The van der Waals surface area contributed by atoms with Gasteiger partial charge < -0.3 is 9.47 Å². The van der Waals surface area contributed by atoms with Gasteiger partial charge in [-0.25, -0.2) is 9.61 Å². The lowest BCUT2D eigenvalue weighted by atomic mass is 10.1. The topological polar surface area (TPSA) is 80.3 Å². The minimum atomic E-state index is 0.223. The van der Waals surface area contributed by atoms with Crippen LogP contribution in [0.4, 0.5) is 0 Å². The predicted octanol–water partition coefficient (Wildman–Crippen LogP) is 2.11. The second-order valence-electron chi connectivity index (χ2n) is 7.20. The molecule has 1 aromatic carbocycles. The number of carbonyl (C=O) groups excluding carboxylic acids is 1. The smallest absolute Gasteiger partial charge is 0.224 e. The van der Waals surface area contributed by atoms with Crippen molar-refractivity contribution in [1.29, 1.82) is 0 Å². The number of carbonyl (C=O) groups is 1. The van der Waals surface area contributed by atoms with E-state index >= 15 is 0 Å². The number of benzene rings is 1. The molecule has 0 atom stereocenters. The molecule has 0 spiro atoms. The fourth-order valence-electron chi connectivity index (χ4n) is 3.84. The number of hydrogen-bond acceptors (Lipinski definition) is 6. The van der Waals surface area contributed by atoms with Crippen molar-refractivity contribution in [1.82, 2.24) is 29.7 Å². The van der Waals surface area contributed by atoms with Crippen LogP contribution >= 0.6 is 0 Å². The zero-order valence-corrected chi connectivity index (χ0v) is 16.3. The maximum absolute atomic E-state index is 12.7. The summed E-state index contributed by atoms with van der Waals surface area (Å²) in [5.41, 5.74) is 2.73. The van der Waals surface area contributed by atoms with Crippen LogP contribution in [0.5, 0.6) is 0 Å². The van der Waals surface area contributed by atoms with Gasteiger partial charge in [0.1, 0.15) is 16.9 Å². The lowest BCUT2D eigenvalue weighted by molar-refractivity contribution is -0.131. The molecule has 0 bridgehead atoms. The fraction of sp³-hybridized carbons (Fsp3) is 0.500. The molecule has 2 aromatic heterocycles. The van der Waals surface area contributed by atoms with Crippen molar-refractivity contribution in [3.05, 3.63) is 42.0 Å². The first kappa shape index (κ1) is 18.6. The molecule has 3 heterocycles. The van der Waals surface area contributed by atoms with E-state index in [1.54, 1.807) is 6.20 Å². The lowest BCUT2D eigenvalue weighted by Gasteiger charge is -2.22. The van der Waals surface area contributed by atoms with Crippen molar-refractivity contribution in [2.75, 3.05) is 26.2 Å². The molecule has 1 fully saturated rings. The van der Waals surface area contributed by atoms with Gasteiger partial charge in [-0.1, -0.05) is 19.1 Å². The molecule has 1 amide bonds. The van der Waals surface area contributed by atoms with Crippen LogP contribution in [0.25, 0.3) is 11.0 Å². The van der Waals surface area contributed by atoms with Gasteiger partial charge in [0.15, 0.2) is 0 Å². The Morgan fingerprint density at radius 3 is 3.00 bits per heavy atom. The summed E-state index contributed by atoms with van der Waals surface area (Å²) in [6.07, 6.45) is 6.14. The van der Waals surface area contributed by atoms with Gasteiger partial charge in [0, 0.05) is 64.5 Å². The maximum Gasteiger partial charge on any atom is 0.224 e. The number of fused-ring (bicyclic) bond motifs is 1. The molecule has 0 saturated carbocycles. The highest BCUT2D eigenvalue weighted by Crippen LogP contribution is 2.17. The number of aromatic nitrogens is 4. The normalized spacial score (nSPS) is 15.8. The van der Waals surface area contributed by atoms with E-state index < -0.39 is 0 Å². The second-order valence-corrected chi connectivity index (χ2v) is 7.20. The van der Waals surface area contributed by atoms with Crippen molar-refractivity contribution < 1.29 is 9.42 Å². The maximum atomic E-state index is 12.7. The van der Waals surface area contributed by atoms with Gasteiger partial charge >= 0.3 is 0 Å². The molecular weight excluding hydrogens is 356 g/mol. The van der Waals surface area contributed by atoms with Gasteiger partial charge in [0.2, 0.25) is 5.91 Å². The molecule has 1 saturated heterocycles. The van der Waals surface area contributed by atoms with E-state index in [1.165, 1.54) is 0 Å². The first-order valence-electron chi connectivity index (χ1n) is 9.95. The molecule has 0 aliphatic carbocycles. The third-order valence-electron chi connectivity index (χ3n) is 5.39. The predicted molar refractivity (Wildman–Crippen MR) is 105 cm³/mol. The molecule has 0 N–H and O–H groups in total. The van der Waals surface area contributed by atoms with E-state index in [4.69, 9.17) is 4.63 Å². The van der Waals surface area contributed by atoms with Crippen molar-refractivity contribution in [2.24, 2.45) is 0 Å². The first-order chi connectivity index (χ1) is 13.7. The van der Waals surface area contributed by atoms with Crippen LogP contribution in [0, 0.1) is 0 Å². The Morgan fingerprint density at radius 1 is 1.18 bits per heavy atom. The summed E-state index contributed by atoms with van der Waals surface area (Å²) in [7, 11) is 0. The summed E-state index contributed by atoms with van der Waals surface area (Å²) in [6, 6.07) is 5.95. The molecule has 1 aliphatic heterocycles. The Hall–Kier alpha value is -2.74. The standard InChI is InChI=1S/C20H26N6O2/c1-2-18-21-8-12-25(18)11-7-19(27)26-10-4-9-24(13-14-26)15-16-5-3-6-17-20(16)23-28-22-17/h3,5-6,8,12H,2,4,7,9-11,13-15H2,1H3. The number of nitrogens with zero attached hydrogens (tertiary/aromatic N) is 6. The number of aryl methyl sites for hydroxylation is 2. The van der Waals surface area contributed by atoms with Crippen molar-refractivity contribution in [3.63, 3.8) is 0 Å². The molecule has 4 rings (SSSR count). The largest absolute Gasteiger partial charge is 0.341 e. The summed E-state index contributed by atoms with van der Waals surface area (Å²) < 4.78 is 6.94. The monoisotopic (exact) mass is 382 g/mol. The molecule has 0 unspecified atom stereocenters. The SMILES string of the molecule is CCc1nccn1CCC(=O)N1CCCN(Cc2cccc3nonc23)CC1. The summed E-state index contributed by atoms with van der Waals surface area (Å²) in [6.45, 7) is 6.98. The van der Waals surface area contributed by atoms with Crippen LogP contribution in [-0.4, -0.2) is 61.8 Å². The molecule has 1 aliphatic rings. The molecule has 8 nitrogen and oxygen atoms in total. The zero-order chi connectivity index (χ0) is 19.3. The number of rotatable bonds is 6. The Labute approximate surface area is 164 Å². The van der Waals surface area contributed by atoms with Gasteiger partial charge in [-0.2, -0.15) is 0 Å². The quantitative estimate of drug-likeness (QED) is 0.650. The summed E-state index contributed by atoms with van der Waals surface area (Å²) >= 11 is 0. The van der Waals surface area contributed by atoms with Crippen LogP contribution in [0.1, 0.15) is 31.2 Å². The number of hydrogen-bond donors (Lipinski definition) is 0. The van der Waals surface area contributed by atoms with E-state index in [-0.39, 0.29) is 5.91 Å². The van der Waals surface area contributed by atoms with E-state index in [0.717, 1.165) is 68.0 Å².